The topological polar surface area (TPSA) is 55.8 Å². The average Bonchev–Trinajstić information content (AvgIpc) is 2.74. The first kappa shape index (κ1) is 23.4. The largest absolute Gasteiger partial charge is 0.480 e. The Morgan fingerprint density at radius 2 is 1.93 bits per heavy atom. The minimum atomic E-state index is -0.947. The number of thioether (sulfide) groups is 1. The molecule has 3 rings (SSSR count). The normalized spacial score (nSPS) is 31.9. The number of hydrogen-bond donors (Lipinski definition) is 1. The lowest BCUT2D eigenvalue weighted by atomic mass is 9.85. The van der Waals surface area contributed by atoms with Crippen molar-refractivity contribution in [2.45, 2.75) is 87.3 Å². The van der Waals surface area contributed by atoms with E-state index >= 15 is 0 Å². The number of ether oxygens (including phenoxy) is 2. The van der Waals surface area contributed by atoms with E-state index in [4.69, 9.17) is 9.47 Å². The second-order valence-corrected chi connectivity index (χ2v) is 10.3. The molecule has 1 N–H and O–H groups in total. The molecule has 0 saturated carbocycles. The molecule has 1 saturated heterocycles. The van der Waals surface area contributed by atoms with Crippen LogP contribution in [-0.2, 0) is 14.3 Å². The molecule has 5 heteroatoms. The van der Waals surface area contributed by atoms with Gasteiger partial charge >= 0.3 is 5.97 Å². The fraction of sp³-hybridized carbons (Fsp3) is 0.640. The summed E-state index contributed by atoms with van der Waals surface area (Å²) in [4.78, 5) is 13.5. The predicted octanol–water partition coefficient (Wildman–Crippen LogP) is 6.31. The summed E-state index contributed by atoms with van der Waals surface area (Å²) in [6.07, 6.45) is 11.7. The second-order valence-electron chi connectivity index (χ2n) is 8.90. The van der Waals surface area contributed by atoms with Gasteiger partial charge in [-0.25, -0.2) is 0 Å². The summed E-state index contributed by atoms with van der Waals surface area (Å²) < 4.78 is 11.2. The van der Waals surface area contributed by atoms with Crippen molar-refractivity contribution in [2.24, 2.45) is 11.8 Å². The fourth-order valence-corrected chi connectivity index (χ4v) is 5.50. The van der Waals surface area contributed by atoms with Crippen LogP contribution in [0.2, 0.25) is 0 Å². The zero-order chi connectivity index (χ0) is 21.4. The average molecular weight is 433 g/mol. The Hall–Kier alpha value is -1.30. The molecule has 0 radical (unpaired) electrons. The highest BCUT2D eigenvalue weighted by atomic mass is 32.2. The Balaban J connectivity index is 1.79. The number of carbonyl (C=O) groups is 1. The van der Waals surface area contributed by atoms with Gasteiger partial charge in [-0.1, -0.05) is 44.2 Å². The number of rotatable bonds is 6. The van der Waals surface area contributed by atoms with Crippen molar-refractivity contribution in [1.29, 1.82) is 0 Å². The molecule has 0 amide bonds. The summed E-state index contributed by atoms with van der Waals surface area (Å²) in [5, 5.41) is 10.3. The van der Waals surface area contributed by atoms with Crippen LogP contribution in [0.15, 0.2) is 47.4 Å². The van der Waals surface area contributed by atoms with Crippen LogP contribution in [-0.4, -0.2) is 34.8 Å². The number of carboxylic acid groups (broad SMARTS) is 1. The van der Waals surface area contributed by atoms with Crippen molar-refractivity contribution in [2.75, 3.05) is 6.61 Å². The van der Waals surface area contributed by atoms with Gasteiger partial charge in [-0.2, -0.15) is 0 Å². The van der Waals surface area contributed by atoms with Crippen LogP contribution in [0.25, 0.3) is 0 Å². The molecule has 0 spiro atoms. The molecular weight excluding hydrogens is 396 g/mol. The standard InChI is InChI=1S/C25H36O4S/c1-19(2)20-13-14-21(29-23-12-6-7-18-28-23)9-8-16-25(17-15-20,24(26)27)30-22-10-4-3-5-11-22/h3-5,10-11,15,17,19-21,23H,6-9,12-14,16,18H2,1-2H3,(H,26,27)/b17-15+. The van der Waals surface area contributed by atoms with E-state index in [0.717, 1.165) is 56.4 Å². The maximum atomic E-state index is 12.5. The minimum Gasteiger partial charge on any atom is -0.480 e. The highest BCUT2D eigenvalue weighted by Crippen LogP contribution is 2.41. The molecule has 2 aliphatic rings. The van der Waals surface area contributed by atoms with Crippen molar-refractivity contribution >= 4 is 17.7 Å². The van der Waals surface area contributed by atoms with Gasteiger partial charge in [-0.3, -0.25) is 4.79 Å². The van der Waals surface area contributed by atoms with Gasteiger partial charge in [-0.05, 0) is 75.3 Å². The van der Waals surface area contributed by atoms with Gasteiger partial charge in [0.2, 0.25) is 0 Å². The second kappa shape index (κ2) is 11.4. The van der Waals surface area contributed by atoms with Crippen molar-refractivity contribution < 1.29 is 19.4 Å². The van der Waals surface area contributed by atoms with Crippen molar-refractivity contribution in [3.8, 4) is 0 Å². The third kappa shape index (κ3) is 6.60. The minimum absolute atomic E-state index is 0.0948. The highest BCUT2D eigenvalue weighted by Gasteiger charge is 2.38. The summed E-state index contributed by atoms with van der Waals surface area (Å²) >= 11 is 1.46. The number of aliphatic carboxylic acids is 1. The Labute approximate surface area is 185 Å². The maximum absolute atomic E-state index is 12.5. The first-order valence-electron chi connectivity index (χ1n) is 11.4. The van der Waals surface area contributed by atoms with Crippen LogP contribution < -0.4 is 0 Å². The first-order valence-corrected chi connectivity index (χ1v) is 12.2. The van der Waals surface area contributed by atoms with E-state index in [-0.39, 0.29) is 12.4 Å². The van der Waals surface area contributed by atoms with E-state index in [2.05, 4.69) is 19.9 Å². The lowest BCUT2D eigenvalue weighted by Crippen LogP contribution is -2.35. The van der Waals surface area contributed by atoms with Crippen LogP contribution in [0.5, 0.6) is 0 Å². The van der Waals surface area contributed by atoms with Gasteiger partial charge < -0.3 is 14.6 Å². The van der Waals surface area contributed by atoms with Crippen molar-refractivity contribution in [1.82, 2.24) is 0 Å². The number of allylic oxidation sites excluding steroid dienone is 1. The van der Waals surface area contributed by atoms with Gasteiger partial charge in [0.15, 0.2) is 6.29 Å². The van der Waals surface area contributed by atoms with E-state index in [1.807, 2.05) is 36.4 Å². The molecule has 1 aliphatic heterocycles. The molecule has 1 aromatic rings. The molecule has 1 fully saturated rings. The van der Waals surface area contributed by atoms with E-state index in [9.17, 15) is 9.90 Å². The highest BCUT2D eigenvalue weighted by molar-refractivity contribution is 8.01. The van der Waals surface area contributed by atoms with E-state index < -0.39 is 10.7 Å². The fourth-order valence-electron chi connectivity index (χ4n) is 4.30. The Morgan fingerprint density at radius 3 is 2.60 bits per heavy atom. The molecule has 30 heavy (non-hydrogen) atoms. The first-order chi connectivity index (χ1) is 14.5. The summed E-state index contributed by atoms with van der Waals surface area (Å²) in [6, 6.07) is 9.88. The van der Waals surface area contributed by atoms with Crippen LogP contribution in [0, 0.1) is 11.8 Å². The van der Waals surface area contributed by atoms with Crippen LogP contribution >= 0.6 is 11.8 Å². The van der Waals surface area contributed by atoms with Gasteiger partial charge in [0.1, 0.15) is 4.75 Å². The van der Waals surface area contributed by atoms with Crippen LogP contribution in [0.3, 0.4) is 0 Å². The zero-order valence-electron chi connectivity index (χ0n) is 18.3. The number of carboxylic acids is 1. The Bertz CT molecular complexity index is 684. The monoisotopic (exact) mass is 432 g/mol. The number of benzene rings is 1. The molecule has 4 atom stereocenters. The zero-order valence-corrected chi connectivity index (χ0v) is 19.1. The molecule has 0 aromatic heterocycles. The Kier molecular flexibility index (Phi) is 8.84. The lowest BCUT2D eigenvalue weighted by Gasteiger charge is -2.32. The summed E-state index contributed by atoms with van der Waals surface area (Å²) in [7, 11) is 0. The SMILES string of the molecule is CC(C)C1/C=C/C(Sc2ccccc2)(C(=O)O)CCCC(OC2CCCCO2)CC1. The third-order valence-electron chi connectivity index (χ3n) is 6.25. The van der Waals surface area contributed by atoms with E-state index in [1.54, 1.807) is 0 Å². The molecule has 0 bridgehead atoms. The number of hydrogen-bond acceptors (Lipinski definition) is 4. The third-order valence-corrected chi connectivity index (χ3v) is 7.64. The quantitative estimate of drug-likeness (QED) is 0.534. The van der Waals surface area contributed by atoms with Crippen molar-refractivity contribution in [3.63, 3.8) is 0 Å². The molecule has 1 aliphatic carbocycles. The predicted molar refractivity (Wildman–Crippen MR) is 122 cm³/mol. The van der Waals surface area contributed by atoms with E-state index in [1.165, 1.54) is 11.8 Å². The summed E-state index contributed by atoms with van der Waals surface area (Å²) in [6.45, 7) is 5.21. The Morgan fingerprint density at radius 1 is 1.13 bits per heavy atom. The van der Waals surface area contributed by atoms with Crippen LogP contribution in [0.1, 0.15) is 65.2 Å². The van der Waals surface area contributed by atoms with Gasteiger partial charge in [0, 0.05) is 11.5 Å². The van der Waals surface area contributed by atoms with E-state index in [0.29, 0.717) is 18.3 Å². The molecule has 1 heterocycles. The van der Waals surface area contributed by atoms with Crippen LogP contribution in [0.4, 0.5) is 0 Å². The van der Waals surface area contributed by atoms with Gasteiger partial charge in [0.05, 0.1) is 6.10 Å². The van der Waals surface area contributed by atoms with Crippen molar-refractivity contribution in [3.05, 3.63) is 42.5 Å². The molecule has 4 unspecified atom stereocenters. The van der Waals surface area contributed by atoms with Gasteiger partial charge in [-0.15, -0.1) is 11.8 Å². The molecule has 4 nitrogen and oxygen atoms in total. The smallest absolute Gasteiger partial charge is 0.324 e. The summed E-state index contributed by atoms with van der Waals surface area (Å²) in [5.74, 6) is 0.0424. The maximum Gasteiger partial charge on any atom is 0.324 e. The molecular formula is C25H36O4S. The molecule has 1 aromatic carbocycles. The molecule has 166 valence electrons. The van der Waals surface area contributed by atoms with Gasteiger partial charge in [0.25, 0.3) is 0 Å². The lowest BCUT2D eigenvalue weighted by molar-refractivity contribution is -0.191. The summed E-state index contributed by atoms with van der Waals surface area (Å²) in [5.41, 5.74) is 0.